The zero-order valence-corrected chi connectivity index (χ0v) is 19.6. The summed E-state index contributed by atoms with van der Waals surface area (Å²) < 4.78 is 4.88. The first-order valence-corrected chi connectivity index (χ1v) is 9.55. The van der Waals surface area contributed by atoms with E-state index in [9.17, 15) is 4.79 Å². The van der Waals surface area contributed by atoms with E-state index in [1.54, 1.807) is 0 Å². The van der Waals surface area contributed by atoms with Crippen LogP contribution in [0.25, 0.3) is 0 Å². The summed E-state index contributed by atoms with van der Waals surface area (Å²) in [7, 11) is 1.47. The summed E-state index contributed by atoms with van der Waals surface area (Å²) in [4.78, 5) is 18.9. The van der Waals surface area contributed by atoms with Gasteiger partial charge in [-0.2, -0.15) is 0 Å². The van der Waals surface area contributed by atoms with Gasteiger partial charge in [0.1, 0.15) is 0 Å². The second kappa shape index (κ2) is 10.9. The number of hydrogen-bond acceptors (Lipinski definition) is 3. The number of methoxy groups -OCH3 is 1. The first-order valence-electron chi connectivity index (χ1n) is 9.55. The highest BCUT2D eigenvalue weighted by Crippen LogP contribution is 2.24. The van der Waals surface area contributed by atoms with Gasteiger partial charge in [-0.3, -0.25) is 9.79 Å². The number of likely N-dealkylation sites (tertiary alicyclic amines) is 1. The molecule has 0 bridgehead atoms. The van der Waals surface area contributed by atoms with Crippen LogP contribution in [0, 0.1) is 12.8 Å². The Morgan fingerprint density at radius 3 is 2.37 bits per heavy atom. The van der Waals surface area contributed by atoms with Crippen LogP contribution in [0.5, 0.6) is 0 Å². The van der Waals surface area contributed by atoms with E-state index in [0.717, 1.165) is 45.0 Å². The van der Waals surface area contributed by atoms with E-state index < -0.39 is 0 Å². The molecule has 0 aromatic heterocycles. The Morgan fingerprint density at radius 2 is 1.85 bits per heavy atom. The molecule has 0 amide bonds. The fourth-order valence-corrected chi connectivity index (χ4v) is 3.29. The number of benzene rings is 1. The number of rotatable bonds is 5. The number of nitrogens with zero attached hydrogens (tertiary/aromatic N) is 2. The molecule has 6 heteroatoms. The molecule has 1 heterocycles. The first kappa shape index (κ1) is 23.7. The number of esters is 1. The van der Waals surface area contributed by atoms with Gasteiger partial charge in [0.2, 0.25) is 0 Å². The van der Waals surface area contributed by atoms with Crippen molar-refractivity contribution in [3.8, 4) is 0 Å². The molecule has 0 saturated carbocycles. The molecule has 1 fully saturated rings. The third-order valence-corrected chi connectivity index (χ3v) is 5.12. The van der Waals surface area contributed by atoms with Gasteiger partial charge in [0.05, 0.1) is 19.6 Å². The van der Waals surface area contributed by atoms with Crippen LogP contribution in [-0.4, -0.2) is 50.1 Å². The van der Waals surface area contributed by atoms with Crippen molar-refractivity contribution in [1.29, 1.82) is 0 Å². The number of guanidine groups is 1. The number of aliphatic imine (C=N–C) groups is 1. The van der Waals surface area contributed by atoms with Crippen molar-refractivity contribution in [2.75, 3.05) is 33.3 Å². The van der Waals surface area contributed by atoms with Crippen LogP contribution in [0.4, 0.5) is 0 Å². The van der Waals surface area contributed by atoms with E-state index in [-0.39, 0.29) is 41.3 Å². The van der Waals surface area contributed by atoms with Gasteiger partial charge in [-0.05, 0) is 32.3 Å². The van der Waals surface area contributed by atoms with E-state index in [1.807, 2.05) is 0 Å². The second-order valence-electron chi connectivity index (χ2n) is 7.70. The average molecular weight is 487 g/mol. The normalized spacial score (nSPS) is 15.9. The van der Waals surface area contributed by atoms with Gasteiger partial charge >= 0.3 is 5.97 Å². The van der Waals surface area contributed by atoms with E-state index in [1.165, 1.54) is 18.2 Å². The molecule has 5 nitrogen and oxygen atoms in total. The molecule has 1 saturated heterocycles. The zero-order chi connectivity index (χ0) is 19.2. The van der Waals surface area contributed by atoms with Crippen molar-refractivity contribution in [1.82, 2.24) is 10.2 Å². The lowest BCUT2D eigenvalue weighted by Gasteiger charge is -2.34. The van der Waals surface area contributed by atoms with Gasteiger partial charge in [-0.25, -0.2) is 0 Å². The van der Waals surface area contributed by atoms with Crippen molar-refractivity contribution in [2.45, 2.75) is 46.0 Å². The molecule has 1 aliphatic rings. The Morgan fingerprint density at radius 1 is 1.26 bits per heavy atom. The zero-order valence-electron chi connectivity index (χ0n) is 17.2. The number of aryl methyl sites for hydroxylation is 1. The maximum absolute atomic E-state index is 11.7. The van der Waals surface area contributed by atoms with Crippen molar-refractivity contribution >= 4 is 35.9 Å². The van der Waals surface area contributed by atoms with Crippen LogP contribution in [0.1, 0.15) is 44.7 Å². The third-order valence-electron chi connectivity index (χ3n) is 5.12. The Hall–Kier alpha value is -1.31. The molecule has 27 heavy (non-hydrogen) atoms. The highest BCUT2D eigenvalue weighted by molar-refractivity contribution is 14.0. The Kier molecular flexibility index (Phi) is 9.56. The number of carbonyl (C=O) groups is 1. The third kappa shape index (κ3) is 6.66. The van der Waals surface area contributed by atoms with Crippen LogP contribution < -0.4 is 5.32 Å². The summed E-state index contributed by atoms with van der Waals surface area (Å²) in [5.41, 5.74) is 2.54. The van der Waals surface area contributed by atoms with E-state index in [2.05, 4.69) is 62.2 Å². The van der Waals surface area contributed by atoms with Crippen LogP contribution >= 0.6 is 24.0 Å². The molecule has 152 valence electrons. The highest BCUT2D eigenvalue weighted by atomic mass is 127. The molecule has 1 aromatic rings. The molecule has 1 aliphatic heterocycles. The highest BCUT2D eigenvalue weighted by Gasteiger charge is 2.27. The minimum atomic E-state index is -0.0907. The number of piperidine rings is 1. The van der Waals surface area contributed by atoms with Gasteiger partial charge in [-0.15, -0.1) is 24.0 Å². The minimum absolute atomic E-state index is 0. The van der Waals surface area contributed by atoms with Crippen molar-refractivity contribution < 1.29 is 9.53 Å². The molecule has 1 N–H and O–H groups in total. The largest absolute Gasteiger partial charge is 0.469 e. The predicted molar refractivity (Wildman–Crippen MR) is 122 cm³/mol. The maximum Gasteiger partial charge on any atom is 0.308 e. The average Bonchev–Trinajstić information content (AvgIpc) is 2.65. The Bertz CT molecular complexity index is 621. The van der Waals surface area contributed by atoms with Crippen LogP contribution in [0.15, 0.2) is 29.3 Å². The molecule has 2 rings (SSSR count). The summed E-state index contributed by atoms with van der Waals surface area (Å²) in [5, 5.41) is 3.40. The molecule has 0 aliphatic carbocycles. The molecule has 0 spiro atoms. The summed E-state index contributed by atoms with van der Waals surface area (Å²) in [6.07, 6.45) is 1.64. The number of halogens is 1. The summed E-state index contributed by atoms with van der Waals surface area (Å²) >= 11 is 0. The second-order valence-corrected chi connectivity index (χ2v) is 7.70. The standard InChI is InChI=1S/C21H33N3O2.HI/c1-6-22-20(24-13-11-17(12-14-24)19(25)26-5)23-15-21(3,4)18-9-7-16(2)8-10-18;/h7-10,17H,6,11-15H2,1-5H3,(H,22,23);1H. The van der Waals surface area contributed by atoms with Gasteiger partial charge in [0.15, 0.2) is 5.96 Å². The predicted octanol–water partition coefficient (Wildman–Crippen LogP) is 3.74. The van der Waals surface area contributed by atoms with E-state index in [0.29, 0.717) is 0 Å². The van der Waals surface area contributed by atoms with Gasteiger partial charge in [0, 0.05) is 25.0 Å². The number of carbonyl (C=O) groups excluding carboxylic acids is 1. The van der Waals surface area contributed by atoms with Gasteiger partial charge in [0.25, 0.3) is 0 Å². The van der Waals surface area contributed by atoms with Gasteiger partial charge < -0.3 is 15.0 Å². The van der Waals surface area contributed by atoms with Crippen molar-refractivity contribution in [3.63, 3.8) is 0 Å². The number of ether oxygens (including phenoxy) is 1. The fraction of sp³-hybridized carbons (Fsp3) is 0.619. The fourth-order valence-electron chi connectivity index (χ4n) is 3.29. The van der Waals surface area contributed by atoms with Crippen LogP contribution in [0.3, 0.4) is 0 Å². The Balaban J connectivity index is 0.00000364. The Labute approximate surface area is 181 Å². The quantitative estimate of drug-likeness (QED) is 0.298. The molecule has 0 radical (unpaired) electrons. The SMILES string of the molecule is CCNC(=NCC(C)(C)c1ccc(C)cc1)N1CCC(C(=O)OC)CC1.I. The smallest absolute Gasteiger partial charge is 0.308 e. The molecular weight excluding hydrogens is 453 g/mol. The molecule has 0 atom stereocenters. The molecule has 0 unspecified atom stereocenters. The minimum Gasteiger partial charge on any atom is -0.469 e. The van der Waals surface area contributed by atoms with E-state index >= 15 is 0 Å². The van der Waals surface area contributed by atoms with Crippen LogP contribution in [-0.2, 0) is 14.9 Å². The van der Waals surface area contributed by atoms with Gasteiger partial charge in [-0.1, -0.05) is 43.7 Å². The lowest BCUT2D eigenvalue weighted by molar-refractivity contribution is -0.146. The molecule has 1 aromatic carbocycles. The van der Waals surface area contributed by atoms with Crippen molar-refractivity contribution in [2.24, 2.45) is 10.9 Å². The summed E-state index contributed by atoms with van der Waals surface area (Å²) in [5.74, 6) is 0.867. The lowest BCUT2D eigenvalue weighted by atomic mass is 9.84. The van der Waals surface area contributed by atoms with E-state index in [4.69, 9.17) is 9.73 Å². The maximum atomic E-state index is 11.7. The number of nitrogens with one attached hydrogen (secondary N) is 1. The molecular formula is C21H34IN3O2. The number of hydrogen-bond donors (Lipinski definition) is 1. The van der Waals surface area contributed by atoms with Crippen molar-refractivity contribution in [3.05, 3.63) is 35.4 Å². The summed E-state index contributed by atoms with van der Waals surface area (Å²) in [6.45, 7) is 11.9. The first-order chi connectivity index (χ1) is 12.4. The topological polar surface area (TPSA) is 53.9 Å². The monoisotopic (exact) mass is 487 g/mol. The summed E-state index contributed by atoms with van der Waals surface area (Å²) in [6, 6.07) is 8.70. The van der Waals surface area contributed by atoms with Crippen LogP contribution in [0.2, 0.25) is 0 Å². The lowest BCUT2D eigenvalue weighted by Crippen LogP contribution is -2.47.